The van der Waals surface area contributed by atoms with E-state index in [-0.39, 0.29) is 6.42 Å². The van der Waals surface area contributed by atoms with E-state index in [2.05, 4.69) is 0 Å². The van der Waals surface area contributed by atoms with Crippen LogP contribution in [0, 0.1) is 11.8 Å². The molecule has 0 aromatic carbocycles. The standard InChI is InChI=1S/C10H9F6NO3/c11-9(12,13)6(10(14,15)16)7(18)17-5-2-1-4(3-5)8(19)20/h1-2,4-6H,3H2,(H,17,18)(H,19,20). The van der Waals surface area contributed by atoms with E-state index in [1.54, 1.807) is 5.32 Å². The van der Waals surface area contributed by atoms with Gasteiger partial charge in [-0.3, -0.25) is 9.59 Å². The third-order valence-electron chi connectivity index (χ3n) is 2.65. The molecular formula is C10H9F6NO3. The van der Waals surface area contributed by atoms with Crippen molar-refractivity contribution in [1.29, 1.82) is 0 Å². The second-order valence-electron chi connectivity index (χ2n) is 4.20. The summed E-state index contributed by atoms with van der Waals surface area (Å²) in [5, 5.41) is 10.2. The molecule has 10 heteroatoms. The zero-order chi connectivity index (χ0) is 15.7. The summed E-state index contributed by atoms with van der Waals surface area (Å²) < 4.78 is 73.5. The van der Waals surface area contributed by atoms with Gasteiger partial charge in [-0.05, 0) is 6.42 Å². The van der Waals surface area contributed by atoms with Gasteiger partial charge in [0.2, 0.25) is 11.8 Å². The highest BCUT2D eigenvalue weighted by molar-refractivity contribution is 5.81. The number of rotatable bonds is 3. The quantitative estimate of drug-likeness (QED) is 0.618. The summed E-state index contributed by atoms with van der Waals surface area (Å²) in [5.41, 5.74) is 0. The molecular weight excluding hydrogens is 296 g/mol. The number of carbonyl (C=O) groups is 2. The number of halogens is 6. The van der Waals surface area contributed by atoms with E-state index in [4.69, 9.17) is 5.11 Å². The van der Waals surface area contributed by atoms with Gasteiger partial charge < -0.3 is 10.4 Å². The molecule has 0 radical (unpaired) electrons. The first-order valence-electron chi connectivity index (χ1n) is 5.28. The lowest BCUT2D eigenvalue weighted by Crippen LogP contribution is -2.50. The molecule has 2 N–H and O–H groups in total. The Hall–Kier alpha value is -1.74. The van der Waals surface area contributed by atoms with Crippen molar-refractivity contribution in [3.63, 3.8) is 0 Å². The Kier molecular flexibility index (Phi) is 4.35. The summed E-state index contributed by atoms with van der Waals surface area (Å²) in [7, 11) is 0. The fourth-order valence-corrected chi connectivity index (χ4v) is 1.74. The molecule has 0 aromatic rings. The maximum Gasteiger partial charge on any atom is 0.409 e. The molecule has 2 unspecified atom stereocenters. The van der Waals surface area contributed by atoms with Gasteiger partial charge in [0.25, 0.3) is 0 Å². The number of hydrogen-bond acceptors (Lipinski definition) is 2. The number of nitrogens with one attached hydrogen (secondary N) is 1. The number of carboxylic acid groups (broad SMARTS) is 1. The molecule has 0 spiro atoms. The average Bonchev–Trinajstić information content (AvgIpc) is 2.60. The highest BCUT2D eigenvalue weighted by Gasteiger charge is 2.61. The Morgan fingerprint density at radius 3 is 1.95 bits per heavy atom. The first-order chi connectivity index (χ1) is 8.93. The van der Waals surface area contributed by atoms with Crippen molar-refractivity contribution in [2.45, 2.75) is 24.8 Å². The lowest BCUT2D eigenvalue weighted by molar-refractivity contribution is -0.274. The highest BCUT2D eigenvalue weighted by atomic mass is 19.4. The van der Waals surface area contributed by atoms with Crippen molar-refractivity contribution >= 4 is 11.9 Å². The number of hydrogen-bond donors (Lipinski definition) is 2. The molecule has 2 atom stereocenters. The monoisotopic (exact) mass is 305 g/mol. The summed E-state index contributed by atoms with van der Waals surface area (Å²) in [4.78, 5) is 21.7. The SMILES string of the molecule is O=C(O)C1C=CC(NC(=O)C(C(F)(F)F)C(F)(F)F)C1. The van der Waals surface area contributed by atoms with Crippen LogP contribution in [0.3, 0.4) is 0 Å². The van der Waals surface area contributed by atoms with Crippen LogP contribution in [-0.4, -0.2) is 35.4 Å². The van der Waals surface area contributed by atoms with Crippen molar-refractivity contribution in [3.8, 4) is 0 Å². The van der Waals surface area contributed by atoms with Gasteiger partial charge in [0, 0.05) is 6.04 Å². The van der Waals surface area contributed by atoms with Crippen molar-refractivity contribution in [1.82, 2.24) is 5.32 Å². The number of aliphatic carboxylic acids is 1. The Bertz CT molecular complexity index is 414. The lowest BCUT2D eigenvalue weighted by atomic mass is 10.1. The minimum absolute atomic E-state index is 0.288. The Morgan fingerprint density at radius 2 is 1.60 bits per heavy atom. The predicted octanol–water partition coefficient (Wildman–Crippen LogP) is 1.87. The van der Waals surface area contributed by atoms with Gasteiger partial charge in [0.15, 0.2) is 0 Å². The largest absolute Gasteiger partial charge is 0.481 e. The van der Waals surface area contributed by atoms with Crippen molar-refractivity contribution in [2.24, 2.45) is 11.8 Å². The normalized spacial score (nSPS) is 23.1. The van der Waals surface area contributed by atoms with Gasteiger partial charge in [-0.1, -0.05) is 12.2 Å². The van der Waals surface area contributed by atoms with Crippen LogP contribution in [0.4, 0.5) is 26.3 Å². The van der Waals surface area contributed by atoms with Gasteiger partial charge in [-0.25, -0.2) is 0 Å². The summed E-state index contributed by atoms with van der Waals surface area (Å²) in [6.45, 7) is 0. The van der Waals surface area contributed by atoms with Gasteiger partial charge in [0.05, 0.1) is 5.92 Å². The maximum atomic E-state index is 12.3. The number of carbonyl (C=O) groups excluding carboxylic acids is 1. The fourth-order valence-electron chi connectivity index (χ4n) is 1.74. The zero-order valence-electron chi connectivity index (χ0n) is 9.63. The third kappa shape index (κ3) is 3.87. The Balaban J connectivity index is 2.75. The second kappa shape index (κ2) is 5.33. The average molecular weight is 305 g/mol. The number of alkyl halides is 6. The molecule has 1 rings (SSSR count). The molecule has 1 aliphatic carbocycles. The summed E-state index contributed by atoms with van der Waals surface area (Å²) >= 11 is 0. The van der Waals surface area contributed by atoms with Gasteiger partial charge in [-0.2, -0.15) is 26.3 Å². The van der Waals surface area contributed by atoms with Gasteiger partial charge in [0.1, 0.15) is 0 Å². The molecule has 0 saturated carbocycles. The van der Waals surface area contributed by atoms with E-state index in [1.807, 2.05) is 0 Å². The maximum absolute atomic E-state index is 12.3. The lowest BCUT2D eigenvalue weighted by Gasteiger charge is -2.23. The zero-order valence-corrected chi connectivity index (χ0v) is 9.63. The first kappa shape index (κ1) is 16.3. The van der Waals surface area contributed by atoms with Crippen LogP contribution in [0.15, 0.2) is 12.2 Å². The summed E-state index contributed by atoms with van der Waals surface area (Å²) in [6, 6.07) is -1.17. The van der Waals surface area contributed by atoms with Crippen LogP contribution in [0.2, 0.25) is 0 Å². The Morgan fingerprint density at radius 1 is 1.10 bits per heavy atom. The smallest absolute Gasteiger partial charge is 0.409 e. The molecule has 0 bridgehead atoms. The number of carboxylic acids is 1. The Labute approximate surface area is 108 Å². The topological polar surface area (TPSA) is 66.4 Å². The fraction of sp³-hybridized carbons (Fsp3) is 0.600. The van der Waals surface area contributed by atoms with E-state index < -0.39 is 42.1 Å². The van der Waals surface area contributed by atoms with E-state index in [0.717, 1.165) is 12.2 Å². The second-order valence-corrected chi connectivity index (χ2v) is 4.20. The molecule has 0 heterocycles. The van der Waals surface area contributed by atoms with Crippen LogP contribution < -0.4 is 5.32 Å². The van der Waals surface area contributed by atoms with Crippen molar-refractivity contribution < 1.29 is 41.0 Å². The van der Waals surface area contributed by atoms with Crippen LogP contribution in [0.25, 0.3) is 0 Å². The van der Waals surface area contributed by atoms with E-state index in [1.165, 1.54) is 0 Å². The van der Waals surface area contributed by atoms with E-state index in [9.17, 15) is 35.9 Å². The first-order valence-corrected chi connectivity index (χ1v) is 5.28. The summed E-state index contributed by atoms with van der Waals surface area (Å²) in [5.74, 6) is -8.70. The third-order valence-corrected chi connectivity index (χ3v) is 2.65. The molecule has 20 heavy (non-hydrogen) atoms. The highest BCUT2D eigenvalue weighted by Crippen LogP contribution is 2.39. The molecule has 1 aliphatic rings. The minimum atomic E-state index is -5.77. The summed E-state index contributed by atoms with van der Waals surface area (Å²) in [6.07, 6.45) is -9.67. The number of amides is 1. The molecule has 0 saturated heterocycles. The van der Waals surface area contributed by atoms with Crippen LogP contribution in [-0.2, 0) is 9.59 Å². The van der Waals surface area contributed by atoms with E-state index >= 15 is 0 Å². The van der Waals surface area contributed by atoms with Crippen LogP contribution in [0.5, 0.6) is 0 Å². The molecule has 0 aliphatic heterocycles. The van der Waals surface area contributed by atoms with Crippen LogP contribution in [0.1, 0.15) is 6.42 Å². The van der Waals surface area contributed by atoms with Crippen molar-refractivity contribution in [2.75, 3.05) is 0 Å². The minimum Gasteiger partial charge on any atom is -0.481 e. The molecule has 4 nitrogen and oxygen atoms in total. The van der Waals surface area contributed by atoms with E-state index in [0.29, 0.717) is 0 Å². The molecule has 114 valence electrons. The molecule has 0 aromatic heterocycles. The predicted molar refractivity (Wildman–Crippen MR) is 52.4 cm³/mol. The molecule has 1 amide bonds. The van der Waals surface area contributed by atoms with Gasteiger partial charge in [-0.15, -0.1) is 0 Å². The van der Waals surface area contributed by atoms with Crippen molar-refractivity contribution in [3.05, 3.63) is 12.2 Å². The van der Waals surface area contributed by atoms with Crippen LogP contribution >= 0.6 is 0 Å². The van der Waals surface area contributed by atoms with Gasteiger partial charge >= 0.3 is 18.3 Å². The molecule has 0 fully saturated rings.